The van der Waals surface area contributed by atoms with E-state index < -0.39 is 0 Å². The van der Waals surface area contributed by atoms with E-state index in [2.05, 4.69) is 32.8 Å². The minimum atomic E-state index is -0.0268. The number of aryl methyl sites for hydroxylation is 2. The molecular formula is C21H27N5O. The normalized spacial score (nSPS) is 17.7. The number of piperazine rings is 1. The molecule has 1 aromatic heterocycles. The third-order valence-corrected chi connectivity index (χ3v) is 5.52. The number of likely N-dealkylation sites (N-methyl/N-ethyl adjacent to an activating group) is 1. The second kappa shape index (κ2) is 7.64. The van der Waals surface area contributed by atoms with Crippen molar-refractivity contribution in [1.82, 2.24) is 14.9 Å². The van der Waals surface area contributed by atoms with Gasteiger partial charge in [-0.2, -0.15) is 0 Å². The quantitative estimate of drug-likeness (QED) is 0.837. The summed E-state index contributed by atoms with van der Waals surface area (Å²) in [5, 5.41) is 0. The first kappa shape index (κ1) is 17.9. The number of hydrogen-bond acceptors (Lipinski definition) is 5. The van der Waals surface area contributed by atoms with Crippen LogP contribution in [0.25, 0.3) is 0 Å². The molecule has 0 aliphatic carbocycles. The number of para-hydroxylation sites is 1. The van der Waals surface area contributed by atoms with Crippen molar-refractivity contribution in [3.63, 3.8) is 0 Å². The van der Waals surface area contributed by atoms with Gasteiger partial charge < -0.3 is 14.7 Å². The van der Waals surface area contributed by atoms with Crippen LogP contribution < -0.4 is 9.80 Å². The molecule has 1 aromatic carbocycles. The zero-order valence-corrected chi connectivity index (χ0v) is 16.2. The van der Waals surface area contributed by atoms with Gasteiger partial charge in [0.25, 0.3) is 5.91 Å². The standard InChI is InChI=1S/C21H27N5O/c1-3-24-11-13-25(14-12-24)21-22-16(2)15-18(23-21)20(27)26-10-6-8-17-7-4-5-9-19(17)26/h4-5,7,9,15H,3,6,8,10-14H2,1-2H3. The molecule has 6 nitrogen and oxygen atoms in total. The van der Waals surface area contributed by atoms with Gasteiger partial charge in [0.15, 0.2) is 0 Å². The van der Waals surface area contributed by atoms with E-state index in [4.69, 9.17) is 0 Å². The molecule has 1 fully saturated rings. The summed E-state index contributed by atoms with van der Waals surface area (Å²) in [6, 6.07) is 9.99. The Labute approximate surface area is 160 Å². The fraction of sp³-hybridized carbons (Fsp3) is 0.476. The van der Waals surface area contributed by atoms with Crippen LogP contribution in [-0.2, 0) is 6.42 Å². The molecule has 3 heterocycles. The molecule has 0 unspecified atom stereocenters. The van der Waals surface area contributed by atoms with Gasteiger partial charge in [0, 0.05) is 44.1 Å². The number of hydrogen-bond donors (Lipinski definition) is 0. The topological polar surface area (TPSA) is 52.6 Å². The summed E-state index contributed by atoms with van der Waals surface area (Å²) in [6.45, 7) is 9.76. The van der Waals surface area contributed by atoms with E-state index in [1.54, 1.807) is 0 Å². The highest BCUT2D eigenvalue weighted by Crippen LogP contribution is 2.28. The predicted octanol–water partition coefficient (Wildman–Crippen LogP) is 2.52. The summed E-state index contributed by atoms with van der Waals surface area (Å²) in [5.74, 6) is 0.653. The van der Waals surface area contributed by atoms with E-state index in [0.717, 1.165) is 63.5 Å². The molecule has 1 saturated heterocycles. The Morgan fingerprint density at radius 3 is 2.63 bits per heavy atom. The van der Waals surface area contributed by atoms with Crippen LogP contribution in [0, 0.1) is 6.92 Å². The maximum Gasteiger partial charge on any atom is 0.277 e. The van der Waals surface area contributed by atoms with Crippen LogP contribution in [0.15, 0.2) is 30.3 Å². The average Bonchev–Trinajstić information content (AvgIpc) is 2.72. The van der Waals surface area contributed by atoms with Crippen LogP contribution in [0.5, 0.6) is 0 Å². The van der Waals surface area contributed by atoms with E-state index in [1.165, 1.54) is 5.56 Å². The molecule has 2 aliphatic heterocycles. The third kappa shape index (κ3) is 3.67. The van der Waals surface area contributed by atoms with Crippen molar-refractivity contribution >= 4 is 17.5 Å². The van der Waals surface area contributed by atoms with Gasteiger partial charge in [0.2, 0.25) is 5.95 Å². The van der Waals surface area contributed by atoms with Crippen LogP contribution in [0.2, 0.25) is 0 Å². The minimum Gasteiger partial charge on any atom is -0.338 e. The lowest BCUT2D eigenvalue weighted by atomic mass is 10.0. The maximum atomic E-state index is 13.3. The number of carbonyl (C=O) groups is 1. The van der Waals surface area contributed by atoms with E-state index in [0.29, 0.717) is 11.6 Å². The smallest absolute Gasteiger partial charge is 0.277 e. The maximum absolute atomic E-state index is 13.3. The van der Waals surface area contributed by atoms with Gasteiger partial charge >= 0.3 is 0 Å². The van der Waals surface area contributed by atoms with Crippen molar-refractivity contribution in [2.75, 3.05) is 49.1 Å². The highest BCUT2D eigenvalue weighted by molar-refractivity contribution is 6.05. The predicted molar refractivity (Wildman–Crippen MR) is 108 cm³/mol. The molecule has 0 spiro atoms. The summed E-state index contributed by atoms with van der Waals surface area (Å²) in [7, 11) is 0. The lowest BCUT2D eigenvalue weighted by Gasteiger charge is -2.34. The molecule has 142 valence electrons. The van der Waals surface area contributed by atoms with Crippen LogP contribution in [0.4, 0.5) is 11.6 Å². The van der Waals surface area contributed by atoms with Gasteiger partial charge in [-0.15, -0.1) is 0 Å². The van der Waals surface area contributed by atoms with Gasteiger partial charge in [0.1, 0.15) is 5.69 Å². The van der Waals surface area contributed by atoms with Gasteiger partial charge in [-0.3, -0.25) is 4.79 Å². The minimum absolute atomic E-state index is 0.0268. The highest BCUT2D eigenvalue weighted by atomic mass is 16.2. The van der Waals surface area contributed by atoms with Gasteiger partial charge in [-0.1, -0.05) is 25.1 Å². The number of rotatable bonds is 3. The lowest BCUT2D eigenvalue weighted by molar-refractivity contribution is 0.0980. The Hall–Kier alpha value is -2.47. The number of carbonyl (C=O) groups excluding carboxylic acids is 1. The van der Waals surface area contributed by atoms with Crippen molar-refractivity contribution < 1.29 is 4.79 Å². The molecule has 2 aromatic rings. The molecule has 27 heavy (non-hydrogen) atoms. The Morgan fingerprint density at radius 2 is 1.85 bits per heavy atom. The summed E-state index contributed by atoms with van der Waals surface area (Å²) < 4.78 is 0. The lowest BCUT2D eigenvalue weighted by Crippen LogP contribution is -2.47. The van der Waals surface area contributed by atoms with Gasteiger partial charge in [0.05, 0.1) is 0 Å². The van der Waals surface area contributed by atoms with Crippen LogP contribution in [-0.4, -0.2) is 60.0 Å². The molecule has 1 amide bonds. The molecular weight excluding hydrogens is 338 g/mol. The SMILES string of the molecule is CCN1CCN(c2nc(C)cc(C(=O)N3CCCc4ccccc43)n2)CC1. The Balaban J connectivity index is 1.59. The van der Waals surface area contributed by atoms with Crippen molar-refractivity contribution in [1.29, 1.82) is 0 Å². The van der Waals surface area contributed by atoms with E-state index in [1.807, 2.05) is 36.1 Å². The fourth-order valence-electron chi connectivity index (χ4n) is 3.95. The number of nitrogens with zero attached hydrogens (tertiary/aromatic N) is 5. The second-order valence-electron chi connectivity index (χ2n) is 7.30. The van der Waals surface area contributed by atoms with E-state index in [-0.39, 0.29) is 5.91 Å². The van der Waals surface area contributed by atoms with Crippen LogP contribution in [0.1, 0.15) is 35.1 Å². The van der Waals surface area contributed by atoms with Gasteiger partial charge in [-0.05, 0) is 44.0 Å². The fourth-order valence-corrected chi connectivity index (χ4v) is 3.95. The van der Waals surface area contributed by atoms with Crippen molar-refractivity contribution in [2.24, 2.45) is 0 Å². The number of benzene rings is 1. The largest absolute Gasteiger partial charge is 0.338 e. The molecule has 6 heteroatoms. The molecule has 4 rings (SSSR count). The molecule has 0 saturated carbocycles. The van der Waals surface area contributed by atoms with E-state index in [9.17, 15) is 4.79 Å². The Kier molecular flexibility index (Phi) is 5.07. The zero-order chi connectivity index (χ0) is 18.8. The number of fused-ring (bicyclic) bond motifs is 1. The van der Waals surface area contributed by atoms with Crippen molar-refractivity contribution in [3.05, 3.63) is 47.3 Å². The first-order valence-electron chi connectivity index (χ1n) is 9.88. The molecule has 0 bridgehead atoms. The number of anilines is 2. The average molecular weight is 365 g/mol. The molecule has 0 N–H and O–H groups in total. The molecule has 0 atom stereocenters. The molecule has 2 aliphatic rings. The summed E-state index contributed by atoms with van der Waals surface area (Å²) in [5.41, 5.74) is 3.58. The third-order valence-electron chi connectivity index (χ3n) is 5.52. The van der Waals surface area contributed by atoms with Crippen LogP contribution >= 0.6 is 0 Å². The van der Waals surface area contributed by atoms with Crippen molar-refractivity contribution in [2.45, 2.75) is 26.7 Å². The summed E-state index contributed by atoms with van der Waals surface area (Å²) in [6.07, 6.45) is 2.01. The first-order chi connectivity index (χ1) is 13.2. The Bertz CT molecular complexity index is 829. The van der Waals surface area contributed by atoms with Gasteiger partial charge in [-0.25, -0.2) is 9.97 Å². The highest BCUT2D eigenvalue weighted by Gasteiger charge is 2.26. The van der Waals surface area contributed by atoms with E-state index >= 15 is 0 Å². The molecule has 0 radical (unpaired) electrons. The zero-order valence-electron chi connectivity index (χ0n) is 16.2. The second-order valence-corrected chi connectivity index (χ2v) is 7.30. The Morgan fingerprint density at radius 1 is 1.07 bits per heavy atom. The monoisotopic (exact) mass is 365 g/mol. The summed E-state index contributed by atoms with van der Waals surface area (Å²) >= 11 is 0. The van der Waals surface area contributed by atoms with Crippen molar-refractivity contribution in [3.8, 4) is 0 Å². The number of aromatic nitrogens is 2. The number of amides is 1. The first-order valence-corrected chi connectivity index (χ1v) is 9.88. The summed E-state index contributed by atoms with van der Waals surface area (Å²) in [4.78, 5) is 29.0. The van der Waals surface area contributed by atoms with Crippen LogP contribution in [0.3, 0.4) is 0 Å².